The SMILES string of the molecule is CC(=O)N[C@H](Cc1cccc(F)c1)C(=O)N[C@@H](C(=O)O)[C@@H](C)CC#N. The minimum atomic E-state index is -1.27. The molecule has 0 heterocycles. The van der Waals surface area contributed by atoms with Crippen molar-refractivity contribution in [3.05, 3.63) is 35.6 Å². The first-order valence-corrected chi connectivity index (χ1v) is 7.66. The molecule has 0 aliphatic rings. The summed E-state index contributed by atoms with van der Waals surface area (Å²) in [4.78, 5) is 35.1. The second kappa shape index (κ2) is 9.37. The highest BCUT2D eigenvalue weighted by Gasteiger charge is 2.30. The summed E-state index contributed by atoms with van der Waals surface area (Å²) in [7, 11) is 0. The molecule has 0 aromatic heterocycles. The molecule has 1 aromatic carbocycles. The van der Waals surface area contributed by atoms with Crippen molar-refractivity contribution in [2.75, 3.05) is 0 Å². The minimum absolute atomic E-state index is 0.00213. The van der Waals surface area contributed by atoms with Crippen LogP contribution in [0, 0.1) is 23.1 Å². The summed E-state index contributed by atoms with van der Waals surface area (Å²) in [5.74, 6) is -3.56. The van der Waals surface area contributed by atoms with Crippen LogP contribution in [0.1, 0.15) is 25.8 Å². The van der Waals surface area contributed by atoms with Crippen molar-refractivity contribution in [3.63, 3.8) is 0 Å². The molecule has 0 spiro atoms. The van der Waals surface area contributed by atoms with Crippen molar-refractivity contribution < 1.29 is 23.9 Å². The quantitative estimate of drug-likeness (QED) is 0.647. The summed E-state index contributed by atoms with van der Waals surface area (Å²) in [6.07, 6.45) is -0.0475. The van der Waals surface area contributed by atoms with Crippen molar-refractivity contribution in [2.45, 2.75) is 38.8 Å². The number of carbonyl (C=O) groups is 3. The molecule has 1 rings (SSSR count). The Morgan fingerprint density at radius 2 is 2.00 bits per heavy atom. The first-order chi connectivity index (χ1) is 11.7. The molecular formula is C17H20FN3O4. The lowest BCUT2D eigenvalue weighted by Crippen LogP contribution is -2.53. The molecule has 3 N–H and O–H groups in total. The Hall–Kier alpha value is -2.95. The van der Waals surface area contributed by atoms with Crippen molar-refractivity contribution >= 4 is 17.8 Å². The zero-order valence-corrected chi connectivity index (χ0v) is 14.0. The second-order valence-corrected chi connectivity index (χ2v) is 5.75. The molecule has 0 aliphatic carbocycles. The highest BCUT2D eigenvalue weighted by molar-refractivity contribution is 5.90. The maximum atomic E-state index is 13.3. The van der Waals surface area contributed by atoms with E-state index in [0.29, 0.717) is 5.56 Å². The van der Waals surface area contributed by atoms with E-state index in [4.69, 9.17) is 5.26 Å². The van der Waals surface area contributed by atoms with E-state index in [2.05, 4.69) is 10.6 Å². The monoisotopic (exact) mass is 349 g/mol. The fourth-order valence-corrected chi connectivity index (χ4v) is 2.32. The molecule has 3 atom stereocenters. The third kappa shape index (κ3) is 6.59. The van der Waals surface area contributed by atoms with Crippen LogP contribution in [0.3, 0.4) is 0 Å². The number of hydrogen-bond donors (Lipinski definition) is 3. The van der Waals surface area contributed by atoms with Crippen LogP contribution in [-0.2, 0) is 20.8 Å². The molecule has 0 saturated heterocycles. The van der Waals surface area contributed by atoms with Crippen LogP contribution in [0.25, 0.3) is 0 Å². The Bertz CT molecular complexity index is 687. The van der Waals surface area contributed by atoms with Gasteiger partial charge in [-0.15, -0.1) is 0 Å². The van der Waals surface area contributed by atoms with Gasteiger partial charge in [0, 0.05) is 25.7 Å². The number of rotatable bonds is 8. The molecule has 2 amide bonds. The predicted molar refractivity (Wildman–Crippen MR) is 86.7 cm³/mol. The van der Waals surface area contributed by atoms with Crippen LogP contribution in [0.2, 0.25) is 0 Å². The summed E-state index contributed by atoms with van der Waals surface area (Å²) >= 11 is 0. The van der Waals surface area contributed by atoms with Crippen molar-refractivity contribution in [1.82, 2.24) is 10.6 Å². The molecule has 0 saturated carbocycles. The number of hydrogen-bond acceptors (Lipinski definition) is 4. The number of nitriles is 1. The number of benzene rings is 1. The second-order valence-electron chi connectivity index (χ2n) is 5.75. The van der Waals surface area contributed by atoms with Crippen LogP contribution in [0.4, 0.5) is 4.39 Å². The van der Waals surface area contributed by atoms with Gasteiger partial charge < -0.3 is 15.7 Å². The van der Waals surface area contributed by atoms with E-state index in [1.807, 2.05) is 6.07 Å². The highest BCUT2D eigenvalue weighted by Crippen LogP contribution is 2.10. The average Bonchev–Trinajstić information content (AvgIpc) is 2.51. The molecule has 0 fully saturated rings. The maximum absolute atomic E-state index is 13.3. The fourth-order valence-electron chi connectivity index (χ4n) is 2.32. The number of nitrogens with one attached hydrogen (secondary N) is 2. The Morgan fingerprint density at radius 1 is 1.32 bits per heavy atom. The number of carboxylic acid groups (broad SMARTS) is 1. The average molecular weight is 349 g/mol. The number of amides is 2. The van der Waals surface area contributed by atoms with Gasteiger partial charge in [-0.05, 0) is 17.7 Å². The van der Waals surface area contributed by atoms with Crippen LogP contribution in [0.15, 0.2) is 24.3 Å². The lowest BCUT2D eigenvalue weighted by Gasteiger charge is -2.23. The van der Waals surface area contributed by atoms with Crippen molar-refractivity contribution in [1.29, 1.82) is 5.26 Å². The number of carbonyl (C=O) groups excluding carboxylic acids is 2. The Balaban J connectivity index is 2.93. The maximum Gasteiger partial charge on any atom is 0.326 e. The van der Waals surface area contributed by atoms with Crippen molar-refractivity contribution in [3.8, 4) is 6.07 Å². The lowest BCUT2D eigenvalue weighted by atomic mass is 9.98. The zero-order chi connectivity index (χ0) is 19.0. The van der Waals surface area contributed by atoms with Gasteiger partial charge in [0.25, 0.3) is 0 Å². The van der Waals surface area contributed by atoms with E-state index in [9.17, 15) is 23.9 Å². The predicted octanol–water partition coefficient (Wildman–Crippen LogP) is 0.992. The molecule has 1 aromatic rings. The van der Waals surface area contributed by atoms with Gasteiger partial charge in [0.2, 0.25) is 11.8 Å². The van der Waals surface area contributed by atoms with Gasteiger partial charge in [-0.2, -0.15) is 5.26 Å². The smallest absolute Gasteiger partial charge is 0.326 e. The normalized spacial score (nSPS) is 13.8. The lowest BCUT2D eigenvalue weighted by molar-refractivity contribution is -0.143. The van der Waals surface area contributed by atoms with Crippen LogP contribution >= 0.6 is 0 Å². The van der Waals surface area contributed by atoms with Gasteiger partial charge in [-0.1, -0.05) is 19.1 Å². The largest absolute Gasteiger partial charge is 0.480 e. The number of halogens is 1. The van der Waals surface area contributed by atoms with Gasteiger partial charge in [0.05, 0.1) is 6.07 Å². The Kier molecular flexibility index (Phi) is 7.53. The molecule has 0 unspecified atom stereocenters. The molecule has 0 bridgehead atoms. The van der Waals surface area contributed by atoms with Crippen LogP contribution < -0.4 is 10.6 Å². The third-order valence-electron chi connectivity index (χ3n) is 3.57. The first-order valence-electron chi connectivity index (χ1n) is 7.66. The van der Waals surface area contributed by atoms with Gasteiger partial charge >= 0.3 is 5.97 Å². The molecule has 134 valence electrons. The summed E-state index contributed by atoms with van der Waals surface area (Å²) in [6, 6.07) is 5.08. The summed E-state index contributed by atoms with van der Waals surface area (Å²) in [6.45, 7) is 2.75. The van der Waals surface area contributed by atoms with Crippen molar-refractivity contribution in [2.24, 2.45) is 5.92 Å². The Morgan fingerprint density at radius 3 is 2.52 bits per heavy atom. The van der Waals surface area contributed by atoms with Crippen LogP contribution in [0.5, 0.6) is 0 Å². The van der Waals surface area contributed by atoms with E-state index < -0.39 is 41.6 Å². The summed E-state index contributed by atoms with van der Waals surface area (Å²) in [5.41, 5.74) is 0.478. The van der Waals surface area contributed by atoms with E-state index in [1.54, 1.807) is 6.07 Å². The number of aliphatic carboxylic acids is 1. The van der Waals surface area contributed by atoms with Gasteiger partial charge in [-0.3, -0.25) is 9.59 Å². The standard InChI is InChI=1S/C17H20FN3O4/c1-10(6-7-19)15(17(24)25)21-16(23)14(20-11(2)22)9-12-4-3-5-13(18)8-12/h3-5,8,10,14-15H,6,9H2,1-2H3,(H,20,22)(H,21,23)(H,24,25)/t10-,14+,15+/m0/s1. The number of carboxylic acids is 1. The van der Waals surface area contributed by atoms with Gasteiger partial charge in [0.15, 0.2) is 0 Å². The summed E-state index contributed by atoms with van der Waals surface area (Å²) < 4.78 is 13.3. The molecular weight excluding hydrogens is 329 g/mol. The van der Waals surface area contributed by atoms with E-state index >= 15 is 0 Å². The third-order valence-corrected chi connectivity index (χ3v) is 3.57. The fraction of sp³-hybridized carbons (Fsp3) is 0.412. The van der Waals surface area contributed by atoms with Crippen LogP contribution in [-0.4, -0.2) is 35.0 Å². The van der Waals surface area contributed by atoms with Gasteiger partial charge in [0.1, 0.15) is 17.9 Å². The summed E-state index contributed by atoms with van der Waals surface area (Å²) in [5, 5.41) is 22.7. The highest BCUT2D eigenvalue weighted by atomic mass is 19.1. The molecule has 0 radical (unpaired) electrons. The van der Waals surface area contributed by atoms with E-state index in [1.165, 1.54) is 32.0 Å². The van der Waals surface area contributed by atoms with Gasteiger partial charge in [-0.25, -0.2) is 9.18 Å². The molecule has 0 aliphatic heterocycles. The number of nitrogens with zero attached hydrogens (tertiary/aromatic N) is 1. The zero-order valence-electron chi connectivity index (χ0n) is 14.0. The van der Waals surface area contributed by atoms with E-state index in [-0.39, 0.29) is 12.8 Å². The Labute approximate surface area is 144 Å². The first kappa shape index (κ1) is 20.1. The van der Waals surface area contributed by atoms with E-state index in [0.717, 1.165) is 0 Å². The molecule has 7 nitrogen and oxygen atoms in total. The topological polar surface area (TPSA) is 119 Å². The molecule has 8 heteroatoms. The minimum Gasteiger partial charge on any atom is -0.480 e. The molecule has 25 heavy (non-hydrogen) atoms.